The van der Waals surface area contributed by atoms with Crippen molar-refractivity contribution in [2.45, 2.75) is 25.1 Å². The molecule has 0 amide bonds. The molecular formula is C20H21FN2O. The number of halogens is 1. The minimum atomic E-state index is -0.294. The zero-order chi connectivity index (χ0) is 16.4. The van der Waals surface area contributed by atoms with Gasteiger partial charge in [0.25, 0.3) is 0 Å². The molecule has 124 valence electrons. The molecule has 3 heterocycles. The van der Waals surface area contributed by atoms with Crippen LogP contribution in [0, 0.1) is 11.8 Å². The summed E-state index contributed by atoms with van der Waals surface area (Å²) in [6, 6.07) is 12.4. The Hall–Kier alpha value is -2.09. The van der Waals surface area contributed by atoms with E-state index in [1.165, 1.54) is 5.69 Å². The molecule has 2 aliphatic rings. The fraction of sp³-hybridized carbons (Fsp3) is 0.400. The summed E-state index contributed by atoms with van der Waals surface area (Å²) < 4.78 is 21.1. The number of nitrogens with zero attached hydrogens (tertiary/aromatic N) is 2. The number of morpholine rings is 1. The number of alkyl halides is 1. The van der Waals surface area contributed by atoms with Crippen molar-refractivity contribution in [1.82, 2.24) is 9.47 Å². The third kappa shape index (κ3) is 2.98. The van der Waals surface area contributed by atoms with Crippen LogP contribution < -0.4 is 0 Å². The monoisotopic (exact) mass is 324 g/mol. The van der Waals surface area contributed by atoms with E-state index >= 15 is 0 Å². The lowest BCUT2D eigenvalue weighted by atomic mass is 9.97. The van der Waals surface area contributed by atoms with Crippen LogP contribution in [0.2, 0.25) is 0 Å². The third-order valence-electron chi connectivity index (χ3n) is 4.88. The van der Waals surface area contributed by atoms with Crippen molar-refractivity contribution < 1.29 is 9.13 Å². The molecule has 2 aromatic rings. The largest absolute Gasteiger partial charge is 0.369 e. The normalized spacial score (nSPS) is 23.0. The fourth-order valence-corrected chi connectivity index (χ4v) is 3.73. The van der Waals surface area contributed by atoms with Crippen LogP contribution >= 0.6 is 0 Å². The van der Waals surface area contributed by atoms with Gasteiger partial charge in [-0.3, -0.25) is 4.90 Å². The zero-order valence-corrected chi connectivity index (χ0v) is 13.6. The molecule has 4 heteroatoms. The minimum Gasteiger partial charge on any atom is -0.369 e. The average Bonchev–Trinajstić information content (AvgIpc) is 3.05. The molecule has 4 rings (SSSR count). The predicted molar refractivity (Wildman–Crippen MR) is 91.5 cm³/mol. The van der Waals surface area contributed by atoms with E-state index in [0.29, 0.717) is 13.2 Å². The number of aryl methyl sites for hydroxylation is 1. The molecule has 2 aliphatic heterocycles. The predicted octanol–water partition coefficient (Wildman–Crippen LogP) is 3.00. The Balaban J connectivity index is 1.58. The standard InChI is InChI=1S/C20H21FN2O/c21-9-11-22-12-13-24-20-18(22)8-10-23-15-17(14-19(20)23)7-6-16-4-2-1-3-5-16/h1-5,14-15,18,20H,8-13H2. The van der Waals surface area contributed by atoms with Crippen LogP contribution in [-0.4, -0.2) is 41.9 Å². The van der Waals surface area contributed by atoms with Gasteiger partial charge in [-0.1, -0.05) is 30.0 Å². The summed E-state index contributed by atoms with van der Waals surface area (Å²) >= 11 is 0. The molecule has 0 N–H and O–H groups in total. The molecule has 0 saturated carbocycles. The van der Waals surface area contributed by atoms with Gasteiger partial charge < -0.3 is 9.30 Å². The van der Waals surface area contributed by atoms with Crippen LogP contribution in [-0.2, 0) is 11.3 Å². The van der Waals surface area contributed by atoms with E-state index in [1.54, 1.807) is 0 Å². The molecule has 1 fully saturated rings. The highest BCUT2D eigenvalue weighted by atomic mass is 19.1. The lowest BCUT2D eigenvalue weighted by molar-refractivity contribution is -0.0888. The molecule has 1 aromatic heterocycles. The molecule has 2 atom stereocenters. The van der Waals surface area contributed by atoms with Gasteiger partial charge >= 0.3 is 0 Å². The average molecular weight is 324 g/mol. The summed E-state index contributed by atoms with van der Waals surface area (Å²) in [4.78, 5) is 2.24. The topological polar surface area (TPSA) is 17.4 Å². The van der Waals surface area contributed by atoms with Gasteiger partial charge in [0, 0.05) is 48.7 Å². The first-order valence-electron chi connectivity index (χ1n) is 8.54. The Morgan fingerprint density at radius 2 is 1.96 bits per heavy atom. The quantitative estimate of drug-likeness (QED) is 0.790. The summed E-state index contributed by atoms with van der Waals surface area (Å²) in [6.07, 6.45) is 3.14. The van der Waals surface area contributed by atoms with Gasteiger partial charge in [0.1, 0.15) is 12.8 Å². The van der Waals surface area contributed by atoms with E-state index in [0.717, 1.165) is 30.6 Å². The van der Waals surface area contributed by atoms with Crippen LogP contribution in [0.3, 0.4) is 0 Å². The van der Waals surface area contributed by atoms with E-state index in [4.69, 9.17) is 4.74 Å². The highest BCUT2D eigenvalue weighted by molar-refractivity contribution is 5.43. The maximum atomic E-state index is 12.8. The van der Waals surface area contributed by atoms with Gasteiger partial charge in [-0.25, -0.2) is 4.39 Å². The highest BCUT2D eigenvalue weighted by Crippen LogP contribution is 2.35. The van der Waals surface area contributed by atoms with Gasteiger partial charge in [-0.2, -0.15) is 0 Å². The second-order valence-electron chi connectivity index (χ2n) is 6.34. The molecule has 1 aromatic carbocycles. The first-order chi connectivity index (χ1) is 11.8. The minimum absolute atomic E-state index is 0.0336. The van der Waals surface area contributed by atoms with Crippen LogP contribution in [0.5, 0.6) is 0 Å². The molecule has 0 spiro atoms. The fourth-order valence-electron chi connectivity index (χ4n) is 3.73. The van der Waals surface area contributed by atoms with Gasteiger partial charge in [-0.15, -0.1) is 0 Å². The molecule has 0 bridgehead atoms. The number of rotatable bonds is 2. The zero-order valence-electron chi connectivity index (χ0n) is 13.6. The Morgan fingerprint density at radius 1 is 1.12 bits per heavy atom. The number of benzene rings is 1. The van der Waals surface area contributed by atoms with Crippen molar-refractivity contribution >= 4 is 0 Å². The molecule has 0 aliphatic carbocycles. The van der Waals surface area contributed by atoms with Gasteiger partial charge in [0.05, 0.1) is 6.61 Å². The van der Waals surface area contributed by atoms with Crippen LogP contribution in [0.15, 0.2) is 42.6 Å². The number of aromatic nitrogens is 1. The van der Waals surface area contributed by atoms with Crippen molar-refractivity contribution in [1.29, 1.82) is 0 Å². The summed E-state index contributed by atoms with van der Waals surface area (Å²) in [5.74, 6) is 6.46. The van der Waals surface area contributed by atoms with Gasteiger partial charge in [0.15, 0.2) is 0 Å². The van der Waals surface area contributed by atoms with E-state index in [2.05, 4.69) is 33.6 Å². The number of fused-ring (bicyclic) bond motifs is 3. The number of ether oxygens (including phenoxy) is 1. The first-order valence-corrected chi connectivity index (χ1v) is 8.54. The molecule has 3 nitrogen and oxygen atoms in total. The van der Waals surface area contributed by atoms with Gasteiger partial charge in [-0.05, 0) is 24.6 Å². The summed E-state index contributed by atoms with van der Waals surface area (Å²) in [7, 11) is 0. The van der Waals surface area contributed by atoms with Crippen molar-refractivity contribution in [3.8, 4) is 11.8 Å². The lowest BCUT2D eigenvalue weighted by Gasteiger charge is -2.43. The summed E-state index contributed by atoms with van der Waals surface area (Å²) in [6.45, 7) is 2.64. The maximum Gasteiger partial charge on any atom is 0.113 e. The second-order valence-corrected chi connectivity index (χ2v) is 6.34. The van der Waals surface area contributed by atoms with Crippen molar-refractivity contribution in [2.75, 3.05) is 26.4 Å². The Kier molecular flexibility index (Phi) is 4.38. The maximum absolute atomic E-state index is 12.8. The number of hydrogen-bond donors (Lipinski definition) is 0. The SMILES string of the molecule is FCCN1CCOC2c3cc(C#Cc4ccccc4)cn3CCC21. The van der Waals surface area contributed by atoms with E-state index in [-0.39, 0.29) is 18.8 Å². The summed E-state index contributed by atoms with van der Waals surface area (Å²) in [5, 5.41) is 0. The van der Waals surface area contributed by atoms with Crippen LogP contribution in [0.1, 0.15) is 29.3 Å². The van der Waals surface area contributed by atoms with E-state index < -0.39 is 0 Å². The summed E-state index contributed by atoms with van der Waals surface area (Å²) in [5.41, 5.74) is 3.20. The molecule has 2 unspecified atom stereocenters. The Labute approximate surface area is 142 Å². The second kappa shape index (κ2) is 6.80. The molecular weight excluding hydrogens is 303 g/mol. The first kappa shape index (κ1) is 15.4. The molecule has 24 heavy (non-hydrogen) atoms. The van der Waals surface area contributed by atoms with E-state index in [9.17, 15) is 4.39 Å². The molecule has 1 saturated heterocycles. The Bertz CT molecular complexity index is 757. The van der Waals surface area contributed by atoms with E-state index in [1.807, 2.05) is 30.3 Å². The Morgan fingerprint density at radius 3 is 2.79 bits per heavy atom. The van der Waals surface area contributed by atoms with Crippen LogP contribution in [0.25, 0.3) is 0 Å². The van der Waals surface area contributed by atoms with Crippen molar-refractivity contribution in [3.05, 3.63) is 59.4 Å². The van der Waals surface area contributed by atoms with Crippen molar-refractivity contribution in [2.24, 2.45) is 0 Å². The highest BCUT2D eigenvalue weighted by Gasteiger charge is 2.37. The molecule has 0 radical (unpaired) electrons. The van der Waals surface area contributed by atoms with Gasteiger partial charge in [0.2, 0.25) is 0 Å². The number of hydrogen-bond acceptors (Lipinski definition) is 2. The smallest absolute Gasteiger partial charge is 0.113 e. The van der Waals surface area contributed by atoms with Crippen molar-refractivity contribution in [3.63, 3.8) is 0 Å². The third-order valence-corrected chi connectivity index (χ3v) is 4.88. The van der Waals surface area contributed by atoms with Crippen LogP contribution in [0.4, 0.5) is 4.39 Å². The lowest BCUT2D eigenvalue weighted by Crippen LogP contribution is -2.50.